The summed E-state index contributed by atoms with van der Waals surface area (Å²) in [5.74, 6) is 2.57. The minimum atomic E-state index is 0.581. The van der Waals surface area contributed by atoms with Crippen LogP contribution in [0.5, 0.6) is 0 Å². The van der Waals surface area contributed by atoms with Crippen LogP contribution in [0.2, 0.25) is 10.0 Å². The second-order valence-corrected chi connectivity index (χ2v) is 9.27. The molecule has 29 heavy (non-hydrogen) atoms. The van der Waals surface area contributed by atoms with E-state index in [-0.39, 0.29) is 0 Å². The summed E-state index contributed by atoms with van der Waals surface area (Å²) in [5.41, 5.74) is 3.62. The van der Waals surface area contributed by atoms with E-state index in [1.54, 1.807) is 6.07 Å². The topological polar surface area (TPSA) is 33.4 Å². The number of rotatable bonds is 7. The molecular formula is C23H28Cl2N4. The molecule has 0 unspecified atom stereocenters. The largest absolute Gasteiger partial charge is 0.356 e. The van der Waals surface area contributed by atoms with Crippen molar-refractivity contribution < 1.29 is 0 Å². The molecule has 1 fully saturated rings. The molecule has 154 valence electrons. The third-order valence-corrected chi connectivity index (χ3v) is 6.24. The van der Waals surface area contributed by atoms with Crippen LogP contribution in [0.15, 0.2) is 30.6 Å². The highest BCUT2D eigenvalue weighted by Crippen LogP contribution is 2.35. The molecule has 6 heteroatoms. The Labute approximate surface area is 182 Å². The first-order valence-corrected chi connectivity index (χ1v) is 11.3. The normalized spacial score (nSPS) is 14.6. The van der Waals surface area contributed by atoms with Gasteiger partial charge < -0.3 is 4.90 Å². The number of aryl methyl sites for hydroxylation is 1. The Morgan fingerprint density at radius 2 is 2.03 bits per heavy atom. The Morgan fingerprint density at radius 1 is 1.24 bits per heavy atom. The molecule has 1 aliphatic rings. The number of hydrogen-bond acceptors (Lipinski definition) is 3. The van der Waals surface area contributed by atoms with E-state index in [9.17, 15) is 0 Å². The molecule has 1 aliphatic carbocycles. The van der Waals surface area contributed by atoms with Crippen LogP contribution < -0.4 is 4.90 Å². The van der Waals surface area contributed by atoms with Gasteiger partial charge in [0.2, 0.25) is 0 Å². The van der Waals surface area contributed by atoms with Crippen molar-refractivity contribution in [2.24, 2.45) is 11.8 Å². The number of imidazole rings is 1. The van der Waals surface area contributed by atoms with Gasteiger partial charge in [-0.25, -0.2) is 4.98 Å². The molecule has 1 saturated carbocycles. The first-order valence-electron chi connectivity index (χ1n) is 10.5. The summed E-state index contributed by atoms with van der Waals surface area (Å²) in [6.45, 7) is 8.85. The molecule has 0 bridgehead atoms. The van der Waals surface area contributed by atoms with Crippen molar-refractivity contribution in [1.29, 1.82) is 0 Å². The molecule has 0 radical (unpaired) electrons. The van der Waals surface area contributed by atoms with Gasteiger partial charge in [0, 0.05) is 36.1 Å². The molecule has 0 aliphatic heterocycles. The summed E-state index contributed by atoms with van der Waals surface area (Å²) in [5, 5.41) is 1.21. The number of anilines is 1. The lowest BCUT2D eigenvalue weighted by Gasteiger charge is -2.34. The fourth-order valence-electron chi connectivity index (χ4n) is 4.13. The van der Waals surface area contributed by atoms with Gasteiger partial charge in [-0.2, -0.15) is 0 Å². The number of fused-ring (bicyclic) bond motifs is 1. The number of benzene rings is 1. The maximum absolute atomic E-state index is 6.50. The van der Waals surface area contributed by atoms with Crippen LogP contribution in [0.4, 0.5) is 5.82 Å². The summed E-state index contributed by atoms with van der Waals surface area (Å²) in [7, 11) is 0. The Bertz CT molecular complexity index is 1010. The zero-order valence-corrected chi connectivity index (χ0v) is 18.8. The first-order chi connectivity index (χ1) is 14.0. The van der Waals surface area contributed by atoms with Gasteiger partial charge in [0.1, 0.15) is 11.5 Å². The quantitative estimate of drug-likeness (QED) is 0.427. The molecule has 2 aromatic heterocycles. The third kappa shape index (κ3) is 4.10. The summed E-state index contributed by atoms with van der Waals surface area (Å²) < 4.78 is 2.20. The number of hydrogen-bond donors (Lipinski definition) is 0. The van der Waals surface area contributed by atoms with E-state index in [0.717, 1.165) is 48.0 Å². The maximum atomic E-state index is 6.50. The van der Waals surface area contributed by atoms with Crippen molar-refractivity contribution in [2.75, 3.05) is 18.0 Å². The van der Waals surface area contributed by atoms with Crippen LogP contribution in [0.25, 0.3) is 16.9 Å². The fraction of sp³-hybridized carbons (Fsp3) is 0.478. The predicted molar refractivity (Wildman–Crippen MR) is 122 cm³/mol. The monoisotopic (exact) mass is 430 g/mol. The molecule has 0 amide bonds. The van der Waals surface area contributed by atoms with Crippen LogP contribution in [-0.2, 0) is 6.42 Å². The molecule has 3 aromatic rings. The summed E-state index contributed by atoms with van der Waals surface area (Å²) in [6.07, 6.45) is 8.77. The molecule has 0 saturated heterocycles. The number of aromatic nitrogens is 3. The maximum Gasteiger partial charge on any atom is 0.165 e. The lowest BCUT2D eigenvalue weighted by molar-refractivity contribution is 0.313. The first kappa shape index (κ1) is 20.5. The average Bonchev–Trinajstić information content (AvgIpc) is 3.02. The Morgan fingerprint density at radius 3 is 2.66 bits per heavy atom. The number of nitrogens with zero attached hydrogens (tertiary/aromatic N) is 4. The molecule has 4 nitrogen and oxygen atoms in total. The minimum Gasteiger partial charge on any atom is -0.356 e. The van der Waals surface area contributed by atoms with Gasteiger partial charge >= 0.3 is 0 Å². The van der Waals surface area contributed by atoms with Crippen LogP contribution in [0.3, 0.4) is 0 Å². The van der Waals surface area contributed by atoms with E-state index in [1.807, 2.05) is 24.5 Å². The van der Waals surface area contributed by atoms with Gasteiger partial charge in [-0.05, 0) is 49.3 Å². The molecule has 0 atom stereocenters. The molecule has 2 heterocycles. The Kier molecular flexibility index (Phi) is 6.03. The molecule has 4 rings (SSSR count). The van der Waals surface area contributed by atoms with Crippen molar-refractivity contribution in [3.05, 3.63) is 46.3 Å². The zero-order valence-electron chi connectivity index (χ0n) is 17.3. The van der Waals surface area contributed by atoms with E-state index in [1.165, 1.54) is 25.1 Å². The van der Waals surface area contributed by atoms with E-state index in [0.29, 0.717) is 16.0 Å². The Balaban J connectivity index is 1.85. The smallest absolute Gasteiger partial charge is 0.165 e. The standard InChI is InChI=1S/C23H28Cl2N4/c1-4-20-23(28(13-15(2)3)14-16-6-5-7-16)29-11-10-26-21(22(29)27-20)18-9-8-17(24)12-19(18)25/h8-12,15-16H,4-7,13-14H2,1-3H3. The van der Waals surface area contributed by atoms with Crippen molar-refractivity contribution >= 4 is 34.7 Å². The van der Waals surface area contributed by atoms with Gasteiger partial charge in [-0.1, -0.05) is 50.4 Å². The van der Waals surface area contributed by atoms with Crippen LogP contribution in [-0.4, -0.2) is 27.5 Å². The fourth-order valence-corrected chi connectivity index (χ4v) is 4.63. The second kappa shape index (κ2) is 8.53. The van der Waals surface area contributed by atoms with Crippen molar-refractivity contribution in [3.8, 4) is 11.3 Å². The molecule has 0 spiro atoms. The average molecular weight is 431 g/mol. The van der Waals surface area contributed by atoms with Gasteiger partial charge in [-0.15, -0.1) is 0 Å². The van der Waals surface area contributed by atoms with Crippen molar-refractivity contribution in [1.82, 2.24) is 14.4 Å². The summed E-state index contributed by atoms with van der Waals surface area (Å²) >= 11 is 12.6. The minimum absolute atomic E-state index is 0.581. The lowest BCUT2D eigenvalue weighted by atomic mass is 9.85. The van der Waals surface area contributed by atoms with Gasteiger partial charge in [0.15, 0.2) is 5.65 Å². The van der Waals surface area contributed by atoms with Gasteiger partial charge in [0.25, 0.3) is 0 Å². The second-order valence-electron chi connectivity index (χ2n) is 8.43. The molecular weight excluding hydrogens is 403 g/mol. The van der Waals surface area contributed by atoms with E-state index in [4.69, 9.17) is 28.2 Å². The zero-order chi connectivity index (χ0) is 20.5. The van der Waals surface area contributed by atoms with E-state index < -0.39 is 0 Å². The molecule has 0 N–H and O–H groups in total. The summed E-state index contributed by atoms with van der Waals surface area (Å²) in [6, 6.07) is 5.53. The van der Waals surface area contributed by atoms with Gasteiger partial charge in [-0.3, -0.25) is 9.38 Å². The Hall–Kier alpha value is -1.78. The van der Waals surface area contributed by atoms with Crippen LogP contribution >= 0.6 is 23.2 Å². The van der Waals surface area contributed by atoms with Crippen molar-refractivity contribution in [2.45, 2.75) is 46.5 Å². The van der Waals surface area contributed by atoms with Crippen LogP contribution in [0, 0.1) is 11.8 Å². The van der Waals surface area contributed by atoms with E-state index >= 15 is 0 Å². The molecule has 1 aromatic carbocycles. The van der Waals surface area contributed by atoms with Gasteiger partial charge in [0.05, 0.1) is 10.7 Å². The third-order valence-electron chi connectivity index (χ3n) is 5.70. The SMILES string of the molecule is CCc1nc2c(-c3ccc(Cl)cc3Cl)nccn2c1N(CC(C)C)CC1CCC1. The highest BCUT2D eigenvalue weighted by atomic mass is 35.5. The predicted octanol–water partition coefficient (Wildman–Crippen LogP) is 6.53. The number of halogens is 2. The highest BCUT2D eigenvalue weighted by molar-refractivity contribution is 6.36. The van der Waals surface area contributed by atoms with E-state index in [2.05, 4.69) is 35.1 Å². The van der Waals surface area contributed by atoms with Crippen molar-refractivity contribution in [3.63, 3.8) is 0 Å². The highest BCUT2D eigenvalue weighted by Gasteiger charge is 2.26. The summed E-state index contributed by atoms with van der Waals surface area (Å²) in [4.78, 5) is 12.2. The van der Waals surface area contributed by atoms with Crippen LogP contribution in [0.1, 0.15) is 45.7 Å². The lowest BCUT2D eigenvalue weighted by Crippen LogP contribution is -2.36.